The van der Waals surface area contributed by atoms with E-state index in [2.05, 4.69) is 20.4 Å². The highest BCUT2D eigenvalue weighted by atomic mass is 19.2. The molecule has 0 atom stereocenters. The topological polar surface area (TPSA) is 61.4 Å². The summed E-state index contributed by atoms with van der Waals surface area (Å²) in [6.45, 7) is 2.29. The second-order valence-electron chi connectivity index (χ2n) is 8.79. The number of piperidine rings is 2. The Balaban J connectivity index is 1.24. The Morgan fingerprint density at radius 1 is 1.06 bits per heavy atom. The van der Waals surface area contributed by atoms with E-state index in [4.69, 9.17) is 0 Å². The summed E-state index contributed by atoms with van der Waals surface area (Å²) >= 11 is 0. The second-order valence-corrected chi connectivity index (χ2v) is 8.79. The molecule has 2 aliphatic heterocycles. The Labute approximate surface area is 190 Å². The van der Waals surface area contributed by atoms with Crippen LogP contribution in [-0.2, 0) is 17.9 Å². The first kappa shape index (κ1) is 23.6. The highest BCUT2D eigenvalue weighted by Crippen LogP contribution is 2.30. The van der Waals surface area contributed by atoms with E-state index in [-0.39, 0.29) is 31.0 Å². The molecule has 4 rings (SSSR count). The summed E-state index contributed by atoms with van der Waals surface area (Å²) in [5.74, 6) is -3.29. The standard InChI is InChI=1S/C23H27F4N5O/c24-17-11-20(25)19(21(26)12-17)14-28-18-2-7-32(8-3-18)22(33)23(27)4-9-31(10-5-23)15-16-1-6-29-30-13-16/h1,6,11-13,18,28H,2-5,7-10,14-15H2. The normalized spacial score (nSPS) is 19.6. The molecule has 1 N–H and O–H groups in total. The number of alkyl halides is 1. The SMILES string of the molecule is O=C(N1CCC(NCc2c(F)cc(F)cc2F)CC1)C1(F)CCN(Cc2ccnnc2)CC1. The van der Waals surface area contributed by atoms with Crippen LogP contribution in [0.1, 0.15) is 36.8 Å². The van der Waals surface area contributed by atoms with E-state index in [1.54, 1.807) is 17.3 Å². The van der Waals surface area contributed by atoms with Crippen molar-refractivity contribution in [1.29, 1.82) is 0 Å². The summed E-state index contributed by atoms with van der Waals surface area (Å²) < 4.78 is 56.1. The van der Waals surface area contributed by atoms with Crippen molar-refractivity contribution in [2.45, 2.75) is 50.5 Å². The number of carbonyl (C=O) groups excluding carboxylic acids is 1. The second kappa shape index (κ2) is 10.1. The molecule has 0 unspecified atom stereocenters. The summed E-state index contributed by atoms with van der Waals surface area (Å²) in [4.78, 5) is 16.6. The summed E-state index contributed by atoms with van der Waals surface area (Å²) in [7, 11) is 0. The Morgan fingerprint density at radius 2 is 1.73 bits per heavy atom. The van der Waals surface area contributed by atoms with Gasteiger partial charge in [0.1, 0.15) is 17.5 Å². The van der Waals surface area contributed by atoms with Crippen LogP contribution in [-0.4, -0.2) is 63.8 Å². The first-order valence-electron chi connectivity index (χ1n) is 11.2. The molecule has 2 saturated heterocycles. The van der Waals surface area contributed by atoms with Crippen LogP contribution in [0.2, 0.25) is 0 Å². The summed E-state index contributed by atoms with van der Waals surface area (Å²) in [5, 5.41) is 10.7. The maximum absolute atomic E-state index is 15.5. The first-order chi connectivity index (χ1) is 15.8. The van der Waals surface area contributed by atoms with Crippen molar-refractivity contribution < 1.29 is 22.4 Å². The molecule has 2 aromatic rings. The van der Waals surface area contributed by atoms with Gasteiger partial charge in [-0.1, -0.05) is 0 Å². The lowest BCUT2D eigenvalue weighted by Crippen LogP contribution is -2.55. The maximum atomic E-state index is 15.5. The molecule has 1 aromatic heterocycles. The fourth-order valence-corrected chi connectivity index (χ4v) is 4.51. The molecule has 0 aliphatic carbocycles. The van der Waals surface area contributed by atoms with Gasteiger partial charge in [0.2, 0.25) is 0 Å². The molecule has 1 amide bonds. The van der Waals surface area contributed by atoms with Crippen LogP contribution in [0, 0.1) is 17.5 Å². The molecule has 0 spiro atoms. The number of aromatic nitrogens is 2. The highest BCUT2D eigenvalue weighted by molar-refractivity contribution is 5.85. The predicted molar refractivity (Wildman–Crippen MR) is 113 cm³/mol. The quantitative estimate of drug-likeness (QED) is 0.665. The van der Waals surface area contributed by atoms with Gasteiger partial charge in [-0.2, -0.15) is 10.2 Å². The third-order valence-corrected chi connectivity index (χ3v) is 6.54. The van der Waals surface area contributed by atoms with E-state index in [1.807, 2.05) is 6.07 Å². The van der Waals surface area contributed by atoms with Crippen molar-refractivity contribution in [3.8, 4) is 0 Å². The number of nitrogens with one attached hydrogen (secondary N) is 1. The van der Waals surface area contributed by atoms with Gasteiger partial charge >= 0.3 is 0 Å². The minimum atomic E-state index is -1.87. The molecule has 2 fully saturated rings. The van der Waals surface area contributed by atoms with Gasteiger partial charge in [0, 0.05) is 82.0 Å². The van der Waals surface area contributed by atoms with Crippen molar-refractivity contribution in [3.63, 3.8) is 0 Å². The van der Waals surface area contributed by atoms with Gasteiger partial charge in [0.25, 0.3) is 5.91 Å². The van der Waals surface area contributed by atoms with Crippen LogP contribution in [0.15, 0.2) is 30.6 Å². The van der Waals surface area contributed by atoms with Gasteiger partial charge in [-0.3, -0.25) is 9.69 Å². The Kier molecular flexibility index (Phi) is 7.23. The van der Waals surface area contributed by atoms with Crippen LogP contribution in [0.5, 0.6) is 0 Å². The van der Waals surface area contributed by atoms with Crippen molar-refractivity contribution >= 4 is 5.91 Å². The monoisotopic (exact) mass is 465 g/mol. The van der Waals surface area contributed by atoms with Crippen LogP contribution < -0.4 is 5.32 Å². The molecule has 178 valence electrons. The van der Waals surface area contributed by atoms with Crippen molar-refractivity contribution in [3.05, 3.63) is 59.2 Å². The fourth-order valence-electron chi connectivity index (χ4n) is 4.51. The van der Waals surface area contributed by atoms with E-state index in [0.29, 0.717) is 57.7 Å². The average molecular weight is 465 g/mol. The molecule has 0 bridgehead atoms. The van der Waals surface area contributed by atoms with Crippen LogP contribution >= 0.6 is 0 Å². The summed E-state index contributed by atoms with van der Waals surface area (Å²) in [6.07, 6.45) is 4.69. The molecule has 10 heteroatoms. The van der Waals surface area contributed by atoms with Gasteiger partial charge in [-0.25, -0.2) is 17.6 Å². The number of likely N-dealkylation sites (tertiary alicyclic amines) is 2. The first-order valence-corrected chi connectivity index (χ1v) is 11.2. The smallest absolute Gasteiger partial charge is 0.260 e. The van der Waals surface area contributed by atoms with Crippen LogP contribution in [0.4, 0.5) is 17.6 Å². The number of carbonyl (C=O) groups is 1. The van der Waals surface area contributed by atoms with Gasteiger partial charge < -0.3 is 10.2 Å². The average Bonchev–Trinajstić information content (AvgIpc) is 2.81. The number of rotatable bonds is 6. The largest absolute Gasteiger partial charge is 0.340 e. The molecule has 3 heterocycles. The summed E-state index contributed by atoms with van der Waals surface area (Å²) in [5.41, 5.74) is -1.09. The van der Waals surface area contributed by atoms with E-state index in [9.17, 15) is 18.0 Å². The number of halogens is 4. The Hall–Kier alpha value is -2.59. The van der Waals surface area contributed by atoms with Gasteiger partial charge in [-0.15, -0.1) is 0 Å². The molecule has 2 aliphatic rings. The van der Waals surface area contributed by atoms with Crippen LogP contribution in [0.3, 0.4) is 0 Å². The molecule has 0 saturated carbocycles. The third kappa shape index (κ3) is 5.67. The number of benzene rings is 1. The van der Waals surface area contributed by atoms with Crippen molar-refractivity contribution in [1.82, 2.24) is 25.3 Å². The molecular weight excluding hydrogens is 438 g/mol. The molecular formula is C23H27F4N5O. The zero-order chi connectivity index (χ0) is 23.4. The Morgan fingerprint density at radius 3 is 2.33 bits per heavy atom. The lowest BCUT2D eigenvalue weighted by Gasteiger charge is -2.40. The number of hydrogen-bond acceptors (Lipinski definition) is 5. The number of amides is 1. The van der Waals surface area contributed by atoms with Crippen molar-refractivity contribution in [2.75, 3.05) is 26.2 Å². The third-order valence-electron chi connectivity index (χ3n) is 6.54. The van der Waals surface area contributed by atoms with E-state index in [1.165, 1.54) is 0 Å². The lowest BCUT2D eigenvalue weighted by atomic mass is 9.90. The minimum absolute atomic E-state index is 0.0655. The van der Waals surface area contributed by atoms with Gasteiger partial charge in [0.05, 0.1) is 6.20 Å². The zero-order valence-corrected chi connectivity index (χ0v) is 18.2. The molecule has 33 heavy (non-hydrogen) atoms. The zero-order valence-electron chi connectivity index (χ0n) is 18.2. The van der Waals surface area contributed by atoms with Gasteiger partial charge in [-0.05, 0) is 24.5 Å². The van der Waals surface area contributed by atoms with E-state index >= 15 is 4.39 Å². The minimum Gasteiger partial charge on any atom is -0.340 e. The maximum Gasteiger partial charge on any atom is 0.260 e. The number of nitrogens with zero attached hydrogens (tertiary/aromatic N) is 4. The Bertz CT molecular complexity index is 938. The predicted octanol–water partition coefficient (Wildman–Crippen LogP) is 2.98. The molecule has 0 radical (unpaired) electrons. The van der Waals surface area contributed by atoms with Gasteiger partial charge in [0.15, 0.2) is 5.67 Å². The highest BCUT2D eigenvalue weighted by Gasteiger charge is 2.44. The van der Waals surface area contributed by atoms with Crippen molar-refractivity contribution in [2.24, 2.45) is 0 Å². The van der Waals surface area contributed by atoms with E-state index < -0.39 is 29.0 Å². The summed E-state index contributed by atoms with van der Waals surface area (Å²) in [6, 6.07) is 3.11. The lowest BCUT2D eigenvalue weighted by molar-refractivity contribution is -0.148. The fraction of sp³-hybridized carbons (Fsp3) is 0.522. The molecule has 6 nitrogen and oxygen atoms in total. The van der Waals surface area contributed by atoms with E-state index in [0.717, 1.165) is 5.56 Å². The number of hydrogen-bond donors (Lipinski definition) is 1. The molecule has 1 aromatic carbocycles. The van der Waals surface area contributed by atoms with Crippen LogP contribution in [0.25, 0.3) is 0 Å².